The van der Waals surface area contributed by atoms with Crippen molar-refractivity contribution in [2.75, 3.05) is 19.6 Å². The van der Waals surface area contributed by atoms with Gasteiger partial charge < -0.3 is 10.2 Å². The lowest BCUT2D eigenvalue weighted by Crippen LogP contribution is -2.40. The van der Waals surface area contributed by atoms with E-state index < -0.39 is 0 Å². The number of rotatable bonds is 5. The Bertz CT molecular complexity index is 254. The Hall–Kier alpha value is -0.0800. The number of piperidine rings is 1. The normalized spacial score (nSPS) is 37.4. The highest BCUT2D eigenvalue weighted by Gasteiger charge is 2.24. The van der Waals surface area contributed by atoms with E-state index in [1.165, 1.54) is 64.6 Å². The molecule has 2 aliphatic rings. The van der Waals surface area contributed by atoms with Crippen molar-refractivity contribution < 1.29 is 0 Å². The molecule has 1 saturated heterocycles. The summed E-state index contributed by atoms with van der Waals surface area (Å²) in [5, 5.41) is 3.80. The molecule has 0 aromatic carbocycles. The molecule has 1 saturated carbocycles. The van der Waals surface area contributed by atoms with Gasteiger partial charge in [-0.2, -0.15) is 0 Å². The van der Waals surface area contributed by atoms with Crippen LogP contribution in [0.1, 0.15) is 65.7 Å². The van der Waals surface area contributed by atoms with Crippen LogP contribution in [0.5, 0.6) is 0 Å². The molecule has 1 heterocycles. The van der Waals surface area contributed by atoms with E-state index in [4.69, 9.17) is 0 Å². The summed E-state index contributed by atoms with van der Waals surface area (Å²) in [4.78, 5) is 2.69. The Kier molecular flexibility index (Phi) is 6.15. The van der Waals surface area contributed by atoms with Gasteiger partial charge in [0.15, 0.2) is 0 Å². The second-order valence-corrected chi connectivity index (χ2v) is 7.15. The van der Waals surface area contributed by atoms with Crippen molar-refractivity contribution in [3.8, 4) is 0 Å². The van der Waals surface area contributed by atoms with E-state index >= 15 is 0 Å². The molecule has 1 N–H and O–H groups in total. The van der Waals surface area contributed by atoms with Gasteiger partial charge in [-0.25, -0.2) is 0 Å². The first-order valence-electron chi connectivity index (χ1n) is 8.64. The fourth-order valence-electron chi connectivity index (χ4n) is 3.81. The van der Waals surface area contributed by atoms with Crippen LogP contribution in [0.25, 0.3) is 0 Å². The number of nitrogens with one attached hydrogen (secondary N) is 1. The van der Waals surface area contributed by atoms with Crippen LogP contribution >= 0.6 is 0 Å². The monoisotopic (exact) mass is 266 g/mol. The van der Waals surface area contributed by atoms with Crippen molar-refractivity contribution in [1.82, 2.24) is 10.2 Å². The Morgan fingerprint density at radius 2 is 1.84 bits per heavy atom. The van der Waals surface area contributed by atoms with Crippen LogP contribution in [-0.4, -0.2) is 36.6 Å². The third kappa shape index (κ3) is 4.75. The van der Waals surface area contributed by atoms with Crippen LogP contribution in [0.15, 0.2) is 0 Å². The van der Waals surface area contributed by atoms with Gasteiger partial charge >= 0.3 is 0 Å². The highest BCUT2D eigenvalue weighted by molar-refractivity contribution is 4.80. The number of likely N-dealkylation sites (tertiary alicyclic amines) is 1. The first-order chi connectivity index (χ1) is 9.16. The van der Waals surface area contributed by atoms with Crippen LogP contribution in [0.4, 0.5) is 0 Å². The van der Waals surface area contributed by atoms with Gasteiger partial charge in [0.25, 0.3) is 0 Å². The van der Waals surface area contributed by atoms with Gasteiger partial charge in [-0.3, -0.25) is 0 Å². The molecule has 0 amide bonds. The minimum atomic E-state index is 0.796. The molecule has 4 unspecified atom stereocenters. The second kappa shape index (κ2) is 7.64. The highest BCUT2D eigenvalue weighted by atomic mass is 15.2. The maximum absolute atomic E-state index is 3.80. The number of hydrogen-bond acceptors (Lipinski definition) is 2. The largest absolute Gasteiger partial charge is 0.314 e. The van der Waals surface area contributed by atoms with Crippen LogP contribution < -0.4 is 5.32 Å². The lowest BCUT2D eigenvalue weighted by molar-refractivity contribution is 0.156. The third-order valence-electron chi connectivity index (χ3n) is 5.59. The maximum Gasteiger partial charge on any atom is 0.00698 e. The summed E-state index contributed by atoms with van der Waals surface area (Å²) in [6.07, 6.45) is 9.79. The van der Waals surface area contributed by atoms with Gasteiger partial charge in [0.1, 0.15) is 0 Å². The summed E-state index contributed by atoms with van der Waals surface area (Å²) < 4.78 is 0. The Morgan fingerprint density at radius 1 is 1.00 bits per heavy atom. The van der Waals surface area contributed by atoms with E-state index in [1.807, 2.05) is 0 Å². The molecule has 0 radical (unpaired) electrons. The summed E-state index contributed by atoms with van der Waals surface area (Å²) in [6, 6.07) is 1.62. The molecule has 2 nitrogen and oxygen atoms in total. The third-order valence-corrected chi connectivity index (χ3v) is 5.59. The lowest BCUT2D eigenvalue weighted by Gasteiger charge is -2.34. The van der Waals surface area contributed by atoms with E-state index in [1.54, 1.807) is 0 Å². The predicted octanol–water partition coefficient (Wildman–Crippen LogP) is 3.67. The topological polar surface area (TPSA) is 15.3 Å². The van der Waals surface area contributed by atoms with E-state index in [9.17, 15) is 0 Å². The Labute approximate surface area is 120 Å². The number of hydrogen-bond donors (Lipinski definition) is 1. The Balaban J connectivity index is 1.56. The van der Waals surface area contributed by atoms with Crippen molar-refractivity contribution >= 4 is 0 Å². The molecule has 0 spiro atoms. The average molecular weight is 266 g/mol. The van der Waals surface area contributed by atoms with Crippen LogP contribution in [0.3, 0.4) is 0 Å². The van der Waals surface area contributed by atoms with E-state index in [0.29, 0.717) is 0 Å². The van der Waals surface area contributed by atoms with Gasteiger partial charge in [-0.05, 0) is 76.9 Å². The predicted molar refractivity (Wildman–Crippen MR) is 83.5 cm³/mol. The molecule has 1 aliphatic heterocycles. The molecule has 2 heteroatoms. The van der Waals surface area contributed by atoms with Crippen LogP contribution in [0, 0.1) is 11.8 Å². The van der Waals surface area contributed by atoms with Crippen molar-refractivity contribution in [1.29, 1.82) is 0 Å². The fourth-order valence-corrected chi connectivity index (χ4v) is 3.81. The Morgan fingerprint density at radius 3 is 2.58 bits per heavy atom. The molecule has 4 atom stereocenters. The molecular weight excluding hydrogens is 232 g/mol. The molecule has 2 fully saturated rings. The molecule has 112 valence electrons. The van der Waals surface area contributed by atoms with Gasteiger partial charge in [0, 0.05) is 12.1 Å². The zero-order valence-electron chi connectivity index (χ0n) is 13.3. The van der Waals surface area contributed by atoms with Crippen LogP contribution in [-0.2, 0) is 0 Å². The smallest absolute Gasteiger partial charge is 0.00698 e. The van der Waals surface area contributed by atoms with E-state index in [0.717, 1.165) is 23.9 Å². The highest BCUT2D eigenvalue weighted by Crippen LogP contribution is 2.29. The fraction of sp³-hybridized carbons (Fsp3) is 1.00. The summed E-state index contributed by atoms with van der Waals surface area (Å²) in [6.45, 7) is 11.1. The molecule has 0 bridgehead atoms. The van der Waals surface area contributed by atoms with Crippen molar-refractivity contribution in [3.05, 3.63) is 0 Å². The minimum Gasteiger partial charge on any atom is -0.314 e. The second-order valence-electron chi connectivity index (χ2n) is 7.15. The van der Waals surface area contributed by atoms with Gasteiger partial charge in [0.2, 0.25) is 0 Å². The lowest BCUT2D eigenvalue weighted by atomic mass is 9.79. The maximum atomic E-state index is 3.80. The summed E-state index contributed by atoms with van der Waals surface area (Å²) >= 11 is 0. The molecule has 2 rings (SSSR count). The van der Waals surface area contributed by atoms with Gasteiger partial charge in [0.05, 0.1) is 0 Å². The first-order valence-corrected chi connectivity index (χ1v) is 8.64. The standard InChI is InChI=1S/C17H34N2/c1-14-8-9-17(13-15(14)2)18-10-6-12-19-11-5-4-7-16(19)3/h14-18H,4-13H2,1-3H3. The SMILES string of the molecule is CC1CCC(NCCCN2CCCCC2C)CC1C. The van der Waals surface area contributed by atoms with Gasteiger partial charge in [-0.15, -0.1) is 0 Å². The van der Waals surface area contributed by atoms with Crippen molar-refractivity contribution in [2.24, 2.45) is 11.8 Å². The minimum absolute atomic E-state index is 0.796. The number of nitrogens with zero attached hydrogens (tertiary/aromatic N) is 1. The van der Waals surface area contributed by atoms with Crippen molar-refractivity contribution in [2.45, 2.75) is 77.8 Å². The molecule has 19 heavy (non-hydrogen) atoms. The molecule has 0 aromatic heterocycles. The van der Waals surface area contributed by atoms with Gasteiger partial charge in [-0.1, -0.05) is 20.3 Å². The summed E-state index contributed by atoms with van der Waals surface area (Å²) in [5.74, 6) is 1.85. The quantitative estimate of drug-likeness (QED) is 0.764. The van der Waals surface area contributed by atoms with Crippen LogP contribution in [0.2, 0.25) is 0 Å². The molecular formula is C17H34N2. The first kappa shape index (κ1) is 15.3. The van der Waals surface area contributed by atoms with E-state index in [2.05, 4.69) is 31.0 Å². The van der Waals surface area contributed by atoms with Crippen molar-refractivity contribution in [3.63, 3.8) is 0 Å². The average Bonchev–Trinajstić information content (AvgIpc) is 2.40. The summed E-state index contributed by atoms with van der Waals surface area (Å²) in [7, 11) is 0. The zero-order chi connectivity index (χ0) is 13.7. The zero-order valence-corrected chi connectivity index (χ0v) is 13.3. The van der Waals surface area contributed by atoms with E-state index in [-0.39, 0.29) is 0 Å². The molecule has 1 aliphatic carbocycles. The summed E-state index contributed by atoms with van der Waals surface area (Å²) in [5.41, 5.74) is 0. The molecule has 0 aromatic rings.